The average Bonchev–Trinajstić information content (AvgIpc) is 3.34. The van der Waals surface area contributed by atoms with Gasteiger partial charge in [0, 0.05) is 17.1 Å². The maximum atomic E-state index is 12.4. The van der Waals surface area contributed by atoms with E-state index in [1.807, 2.05) is 41.9 Å². The first-order valence-corrected chi connectivity index (χ1v) is 9.88. The van der Waals surface area contributed by atoms with Crippen molar-refractivity contribution >= 4 is 22.4 Å². The van der Waals surface area contributed by atoms with Gasteiger partial charge >= 0.3 is 0 Å². The number of hydrogen-bond acceptors (Lipinski definition) is 4. The number of nitrogens with one attached hydrogen (secondary N) is 1. The zero-order valence-electron chi connectivity index (χ0n) is 15.7. The molecule has 0 spiro atoms. The standard InChI is InChI=1S/C22H20N4OS/c1-15-8-9-16(2)19(10-15)20-14-28-22(24-20)25-21(27)11-17-12-23-26(13-17)18-6-4-3-5-7-18/h3-10,12-14H,11H2,1-2H3,(H,24,25,27). The highest BCUT2D eigenvalue weighted by Gasteiger charge is 2.11. The summed E-state index contributed by atoms with van der Waals surface area (Å²) in [6, 6.07) is 16.1. The number of amides is 1. The summed E-state index contributed by atoms with van der Waals surface area (Å²) >= 11 is 1.44. The first-order chi connectivity index (χ1) is 13.6. The van der Waals surface area contributed by atoms with E-state index in [2.05, 4.69) is 47.4 Å². The second-order valence-corrected chi connectivity index (χ2v) is 7.57. The average molecular weight is 388 g/mol. The van der Waals surface area contributed by atoms with Gasteiger partial charge in [0.25, 0.3) is 0 Å². The molecule has 4 rings (SSSR count). The lowest BCUT2D eigenvalue weighted by molar-refractivity contribution is -0.115. The summed E-state index contributed by atoms with van der Waals surface area (Å²) in [7, 11) is 0. The van der Waals surface area contributed by atoms with Crippen LogP contribution in [0.2, 0.25) is 0 Å². The third-order valence-corrected chi connectivity index (χ3v) is 5.20. The summed E-state index contributed by atoms with van der Waals surface area (Å²) in [6.45, 7) is 4.13. The second-order valence-electron chi connectivity index (χ2n) is 6.71. The van der Waals surface area contributed by atoms with Gasteiger partial charge in [0.1, 0.15) is 0 Å². The number of benzene rings is 2. The van der Waals surface area contributed by atoms with Gasteiger partial charge in [0.2, 0.25) is 5.91 Å². The van der Waals surface area contributed by atoms with E-state index >= 15 is 0 Å². The number of hydrogen-bond donors (Lipinski definition) is 1. The van der Waals surface area contributed by atoms with Crippen LogP contribution in [-0.4, -0.2) is 20.7 Å². The lowest BCUT2D eigenvalue weighted by Gasteiger charge is -2.04. The Morgan fingerprint density at radius 1 is 1.14 bits per heavy atom. The summed E-state index contributed by atoms with van der Waals surface area (Å²) in [4.78, 5) is 17.0. The van der Waals surface area contributed by atoms with E-state index in [4.69, 9.17) is 0 Å². The molecule has 0 fully saturated rings. The predicted molar refractivity (Wildman–Crippen MR) is 113 cm³/mol. The summed E-state index contributed by atoms with van der Waals surface area (Å²) in [5, 5.41) is 9.81. The molecular formula is C22H20N4OS. The number of thiazole rings is 1. The van der Waals surface area contributed by atoms with E-state index in [0.717, 1.165) is 22.5 Å². The minimum atomic E-state index is -0.102. The zero-order valence-corrected chi connectivity index (χ0v) is 16.5. The van der Waals surface area contributed by atoms with Gasteiger partial charge < -0.3 is 5.32 Å². The molecular weight excluding hydrogens is 368 g/mol. The molecule has 0 aliphatic rings. The first kappa shape index (κ1) is 18.1. The van der Waals surface area contributed by atoms with Crippen LogP contribution in [0.5, 0.6) is 0 Å². The summed E-state index contributed by atoms with van der Waals surface area (Å²) < 4.78 is 1.77. The maximum absolute atomic E-state index is 12.4. The zero-order chi connectivity index (χ0) is 19.5. The van der Waals surface area contributed by atoms with E-state index in [9.17, 15) is 4.79 Å². The van der Waals surface area contributed by atoms with Crippen molar-refractivity contribution in [3.63, 3.8) is 0 Å². The van der Waals surface area contributed by atoms with Crippen LogP contribution < -0.4 is 5.32 Å². The third kappa shape index (κ3) is 4.02. The molecule has 2 aromatic heterocycles. The number of aromatic nitrogens is 3. The summed E-state index contributed by atoms with van der Waals surface area (Å²) in [6.07, 6.45) is 3.85. The number of para-hydroxylation sites is 1. The fourth-order valence-corrected chi connectivity index (χ4v) is 3.72. The van der Waals surface area contributed by atoms with Crippen LogP contribution in [0.15, 0.2) is 66.3 Å². The molecule has 0 atom stereocenters. The second kappa shape index (κ2) is 7.78. The predicted octanol–water partition coefficient (Wildman–Crippen LogP) is 4.79. The van der Waals surface area contributed by atoms with Crippen LogP contribution in [0.1, 0.15) is 16.7 Å². The fraction of sp³-hybridized carbons (Fsp3) is 0.136. The monoisotopic (exact) mass is 388 g/mol. The van der Waals surface area contributed by atoms with E-state index in [1.165, 1.54) is 22.5 Å². The molecule has 0 radical (unpaired) electrons. The molecule has 0 bridgehead atoms. The van der Waals surface area contributed by atoms with Crippen LogP contribution in [-0.2, 0) is 11.2 Å². The highest BCUT2D eigenvalue weighted by molar-refractivity contribution is 7.14. The quantitative estimate of drug-likeness (QED) is 0.534. The highest BCUT2D eigenvalue weighted by atomic mass is 32.1. The minimum absolute atomic E-state index is 0.102. The number of aryl methyl sites for hydroxylation is 2. The normalized spacial score (nSPS) is 10.8. The SMILES string of the molecule is Cc1ccc(C)c(-c2csc(NC(=O)Cc3cnn(-c4ccccc4)c3)n2)c1. The Labute approximate surface area is 167 Å². The molecule has 0 saturated heterocycles. The van der Waals surface area contributed by atoms with Crippen LogP contribution in [0.3, 0.4) is 0 Å². The molecule has 1 N–H and O–H groups in total. The Hall–Kier alpha value is -3.25. The van der Waals surface area contributed by atoms with Crippen molar-refractivity contribution in [2.45, 2.75) is 20.3 Å². The minimum Gasteiger partial charge on any atom is -0.302 e. The molecule has 28 heavy (non-hydrogen) atoms. The molecule has 2 aromatic carbocycles. The van der Waals surface area contributed by atoms with E-state index in [-0.39, 0.29) is 12.3 Å². The smallest absolute Gasteiger partial charge is 0.230 e. The molecule has 0 aliphatic carbocycles. The van der Waals surface area contributed by atoms with Gasteiger partial charge in [-0.2, -0.15) is 5.10 Å². The van der Waals surface area contributed by atoms with Gasteiger partial charge in [-0.1, -0.05) is 35.9 Å². The number of carbonyl (C=O) groups excluding carboxylic acids is 1. The molecule has 0 aliphatic heterocycles. The lowest BCUT2D eigenvalue weighted by Crippen LogP contribution is -2.13. The van der Waals surface area contributed by atoms with E-state index < -0.39 is 0 Å². The van der Waals surface area contributed by atoms with Crippen molar-refractivity contribution in [1.29, 1.82) is 0 Å². The van der Waals surface area contributed by atoms with Crippen molar-refractivity contribution < 1.29 is 4.79 Å². The molecule has 1 amide bonds. The van der Waals surface area contributed by atoms with Gasteiger partial charge in [-0.3, -0.25) is 4.79 Å². The molecule has 140 valence electrons. The Bertz CT molecular complexity index is 1110. The van der Waals surface area contributed by atoms with Crippen molar-refractivity contribution in [1.82, 2.24) is 14.8 Å². The van der Waals surface area contributed by atoms with Crippen molar-refractivity contribution in [2.75, 3.05) is 5.32 Å². The van der Waals surface area contributed by atoms with Crippen LogP contribution in [0, 0.1) is 13.8 Å². The largest absolute Gasteiger partial charge is 0.302 e. The number of anilines is 1. The van der Waals surface area contributed by atoms with Gasteiger partial charge in [-0.15, -0.1) is 11.3 Å². The number of carbonyl (C=O) groups is 1. The van der Waals surface area contributed by atoms with Crippen molar-refractivity contribution in [3.05, 3.63) is 83.0 Å². The Morgan fingerprint density at radius 2 is 1.96 bits per heavy atom. The van der Waals surface area contributed by atoms with Crippen LogP contribution in [0.4, 0.5) is 5.13 Å². The maximum Gasteiger partial charge on any atom is 0.230 e. The molecule has 2 heterocycles. The third-order valence-electron chi connectivity index (χ3n) is 4.44. The first-order valence-electron chi connectivity index (χ1n) is 9.00. The summed E-state index contributed by atoms with van der Waals surface area (Å²) in [5.41, 5.74) is 6.16. The van der Waals surface area contributed by atoms with Gasteiger partial charge in [0.05, 0.1) is 24.0 Å². The molecule has 0 unspecified atom stereocenters. The highest BCUT2D eigenvalue weighted by Crippen LogP contribution is 2.28. The van der Waals surface area contributed by atoms with Gasteiger partial charge in [-0.25, -0.2) is 9.67 Å². The number of rotatable bonds is 5. The van der Waals surface area contributed by atoms with Crippen LogP contribution in [0.25, 0.3) is 16.9 Å². The Morgan fingerprint density at radius 3 is 2.79 bits per heavy atom. The van der Waals surface area contributed by atoms with Gasteiger partial charge in [0.15, 0.2) is 5.13 Å². The molecule has 6 heteroatoms. The topological polar surface area (TPSA) is 59.8 Å². The molecule has 4 aromatic rings. The number of nitrogens with zero attached hydrogens (tertiary/aromatic N) is 3. The van der Waals surface area contributed by atoms with Gasteiger partial charge in [-0.05, 0) is 43.2 Å². The van der Waals surface area contributed by atoms with Crippen molar-refractivity contribution in [2.24, 2.45) is 0 Å². The molecule has 0 saturated carbocycles. The molecule has 5 nitrogen and oxygen atoms in total. The fourth-order valence-electron chi connectivity index (χ4n) is 2.99. The summed E-state index contributed by atoms with van der Waals surface area (Å²) in [5.74, 6) is -0.102. The van der Waals surface area contributed by atoms with Crippen LogP contribution >= 0.6 is 11.3 Å². The lowest BCUT2D eigenvalue weighted by atomic mass is 10.0. The van der Waals surface area contributed by atoms with Crippen molar-refractivity contribution in [3.8, 4) is 16.9 Å². The Balaban J connectivity index is 1.43. The van der Waals surface area contributed by atoms with E-state index in [0.29, 0.717) is 5.13 Å². The van der Waals surface area contributed by atoms with E-state index in [1.54, 1.807) is 10.9 Å². The Kier molecular flexibility index (Phi) is 5.04.